The Morgan fingerprint density at radius 2 is 1.95 bits per heavy atom. The average molecular weight is 286 g/mol. The Bertz CT molecular complexity index is 553. The summed E-state index contributed by atoms with van der Waals surface area (Å²) in [7, 11) is -3.15. The Hall–Kier alpha value is -1.37. The lowest BCUT2D eigenvalue weighted by atomic mass is 10.2. The number of aromatic nitrogens is 2. The quantitative estimate of drug-likeness (QED) is 0.849. The monoisotopic (exact) mass is 286 g/mol. The van der Waals surface area contributed by atoms with Gasteiger partial charge in [0.05, 0.1) is 4.75 Å². The highest BCUT2D eigenvalue weighted by molar-refractivity contribution is 7.92. The summed E-state index contributed by atoms with van der Waals surface area (Å²) in [5.41, 5.74) is 5.71. The van der Waals surface area contributed by atoms with Gasteiger partial charge in [-0.25, -0.2) is 18.4 Å². The van der Waals surface area contributed by atoms with Crippen LogP contribution < -0.4 is 11.1 Å². The van der Waals surface area contributed by atoms with Gasteiger partial charge >= 0.3 is 0 Å². The van der Waals surface area contributed by atoms with Gasteiger partial charge in [-0.1, -0.05) is 13.8 Å². The van der Waals surface area contributed by atoms with Crippen molar-refractivity contribution in [1.29, 1.82) is 0 Å². The van der Waals surface area contributed by atoms with Gasteiger partial charge < -0.3 is 11.1 Å². The molecule has 0 aliphatic heterocycles. The molecule has 108 valence electrons. The molecule has 0 bridgehead atoms. The molecule has 0 unspecified atom stereocenters. The van der Waals surface area contributed by atoms with Crippen LogP contribution in [0.2, 0.25) is 0 Å². The minimum absolute atomic E-state index is 0.159. The summed E-state index contributed by atoms with van der Waals surface area (Å²) in [6.07, 6.45) is 1.22. The molecule has 0 amide bonds. The lowest BCUT2D eigenvalue weighted by Gasteiger charge is -2.23. The third-order valence-corrected chi connectivity index (χ3v) is 5.13. The van der Waals surface area contributed by atoms with Crippen molar-refractivity contribution in [1.82, 2.24) is 9.97 Å². The number of anilines is 2. The molecular weight excluding hydrogens is 264 g/mol. The van der Waals surface area contributed by atoms with E-state index >= 15 is 0 Å². The van der Waals surface area contributed by atoms with Gasteiger partial charge in [0.25, 0.3) is 0 Å². The molecule has 1 heterocycles. The zero-order chi connectivity index (χ0) is 14.8. The topological polar surface area (TPSA) is 98.0 Å². The number of nitrogens with two attached hydrogens (primary N) is 1. The predicted molar refractivity (Wildman–Crippen MR) is 77.9 cm³/mol. The summed E-state index contributed by atoms with van der Waals surface area (Å²) in [6, 6.07) is 1.60. The van der Waals surface area contributed by atoms with Crippen LogP contribution in [-0.2, 0) is 9.84 Å². The molecule has 0 saturated heterocycles. The van der Waals surface area contributed by atoms with Gasteiger partial charge in [0.15, 0.2) is 9.84 Å². The maximum absolute atomic E-state index is 11.6. The van der Waals surface area contributed by atoms with Crippen LogP contribution in [0, 0.1) is 0 Å². The largest absolute Gasteiger partial charge is 0.384 e. The fourth-order valence-electron chi connectivity index (χ4n) is 1.27. The van der Waals surface area contributed by atoms with Gasteiger partial charge in [-0.15, -0.1) is 0 Å². The van der Waals surface area contributed by atoms with Crippen LogP contribution in [0.3, 0.4) is 0 Å². The third kappa shape index (κ3) is 4.05. The van der Waals surface area contributed by atoms with Crippen molar-refractivity contribution in [3.05, 3.63) is 11.9 Å². The van der Waals surface area contributed by atoms with E-state index in [1.807, 2.05) is 13.8 Å². The number of hydrogen-bond acceptors (Lipinski definition) is 6. The molecule has 1 aromatic heterocycles. The number of sulfone groups is 1. The predicted octanol–water partition coefficient (Wildman–Crippen LogP) is 1.42. The molecule has 0 fully saturated rings. The smallest absolute Gasteiger partial charge is 0.154 e. The zero-order valence-corrected chi connectivity index (χ0v) is 12.9. The molecule has 7 heteroatoms. The van der Waals surface area contributed by atoms with Crippen LogP contribution in [0.4, 0.5) is 11.6 Å². The van der Waals surface area contributed by atoms with Crippen LogP contribution in [0.25, 0.3) is 0 Å². The van der Waals surface area contributed by atoms with Crippen LogP contribution in [-0.4, -0.2) is 35.9 Å². The van der Waals surface area contributed by atoms with Gasteiger partial charge in [-0.3, -0.25) is 0 Å². The number of nitrogen functional groups attached to an aromatic ring is 1. The summed E-state index contributed by atoms with van der Waals surface area (Å²) in [5.74, 6) is 1.72. The number of hydrogen-bond donors (Lipinski definition) is 2. The molecule has 19 heavy (non-hydrogen) atoms. The molecule has 0 aliphatic carbocycles. The molecule has 1 aromatic rings. The summed E-state index contributed by atoms with van der Waals surface area (Å²) in [4.78, 5) is 8.46. The number of nitrogens with zero attached hydrogens (tertiary/aromatic N) is 2. The molecule has 0 radical (unpaired) electrons. The Balaban J connectivity index is 2.90. The maximum atomic E-state index is 11.6. The summed E-state index contributed by atoms with van der Waals surface area (Å²) >= 11 is 0. The normalized spacial score (nSPS) is 12.7. The Kier molecular flexibility index (Phi) is 4.39. The van der Waals surface area contributed by atoms with E-state index in [-0.39, 0.29) is 12.5 Å². The van der Waals surface area contributed by atoms with Crippen molar-refractivity contribution < 1.29 is 8.42 Å². The van der Waals surface area contributed by atoms with Crippen LogP contribution in [0.1, 0.15) is 39.4 Å². The van der Waals surface area contributed by atoms with Gasteiger partial charge in [0.2, 0.25) is 0 Å². The SMILES string of the molecule is CC(C)c1nc(N)cc(NCC(C)(C)S(C)(=O)=O)n1. The second-order valence-corrected chi connectivity index (χ2v) is 8.23. The molecule has 6 nitrogen and oxygen atoms in total. The minimum Gasteiger partial charge on any atom is -0.384 e. The van der Waals surface area contributed by atoms with Gasteiger partial charge in [-0.05, 0) is 13.8 Å². The van der Waals surface area contributed by atoms with Gasteiger partial charge in [0, 0.05) is 24.8 Å². The van der Waals surface area contributed by atoms with Gasteiger partial charge in [-0.2, -0.15) is 0 Å². The van der Waals surface area contributed by atoms with E-state index in [9.17, 15) is 8.42 Å². The molecule has 0 atom stereocenters. The lowest BCUT2D eigenvalue weighted by molar-refractivity contribution is 0.559. The molecule has 1 rings (SSSR count). The Morgan fingerprint density at radius 1 is 1.37 bits per heavy atom. The Morgan fingerprint density at radius 3 is 2.42 bits per heavy atom. The first-order chi connectivity index (χ1) is 8.53. The van der Waals surface area contributed by atoms with Crippen molar-refractivity contribution in [3.8, 4) is 0 Å². The fourth-order valence-corrected chi connectivity index (χ4v) is 1.60. The second-order valence-electron chi connectivity index (χ2n) is 5.58. The molecule has 3 N–H and O–H groups in total. The lowest BCUT2D eigenvalue weighted by Crippen LogP contribution is -2.38. The van der Waals surface area contributed by atoms with E-state index in [0.29, 0.717) is 17.5 Å². The van der Waals surface area contributed by atoms with Crippen LogP contribution in [0.15, 0.2) is 6.07 Å². The van der Waals surface area contributed by atoms with E-state index in [0.717, 1.165) is 0 Å². The summed E-state index contributed by atoms with van der Waals surface area (Å²) in [6.45, 7) is 7.55. The van der Waals surface area contributed by atoms with Crippen molar-refractivity contribution >= 4 is 21.5 Å². The van der Waals surface area contributed by atoms with Crippen LogP contribution >= 0.6 is 0 Å². The first-order valence-corrected chi connectivity index (χ1v) is 8.00. The first kappa shape index (κ1) is 15.7. The highest BCUT2D eigenvalue weighted by atomic mass is 32.2. The minimum atomic E-state index is -3.15. The highest BCUT2D eigenvalue weighted by Crippen LogP contribution is 2.18. The summed E-state index contributed by atoms with van der Waals surface area (Å²) in [5, 5.41) is 3.02. The van der Waals surface area contributed by atoms with E-state index in [1.54, 1.807) is 19.9 Å². The van der Waals surface area contributed by atoms with E-state index in [2.05, 4.69) is 15.3 Å². The third-order valence-electron chi connectivity index (χ3n) is 2.98. The fraction of sp³-hybridized carbons (Fsp3) is 0.667. The van der Waals surface area contributed by atoms with Crippen molar-refractivity contribution in [3.63, 3.8) is 0 Å². The number of rotatable bonds is 5. The highest BCUT2D eigenvalue weighted by Gasteiger charge is 2.30. The van der Waals surface area contributed by atoms with Crippen molar-refractivity contribution in [2.45, 2.75) is 38.4 Å². The summed E-state index contributed by atoms with van der Waals surface area (Å²) < 4.78 is 22.4. The molecular formula is C12H22N4O2S. The zero-order valence-electron chi connectivity index (χ0n) is 12.1. The van der Waals surface area contributed by atoms with E-state index in [4.69, 9.17) is 5.73 Å². The number of nitrogens with one attached hydrogen (secondary N) is 1. The van der Waals surface area contributed by atoms with E-state index < -0.39 is 14.6 Å². The second kappa shape index (κ2) is 5.32. The first-order valence-electron chi connectivity index (χ1n) is 6.11. The standard InChI is InChI=1S/C12H22N4O2S/c1-8(2)11-15-9(13)6-10(16-11)14-7-12(3,4)19(5,17)18/h6,8H,7H2,1-5H3,(H3,13,14,15,16). The Labute approximate surface area is 114 Å². The van der Waals surface area contributed by atoms with Crippen LogP contribution in [0.5, 0.6) is 0 Å². The molecule has 0 saturated carbocycles. The molecule has 0 aromatic carbocycles. The maximum Gasteiger partial charge on any atom is 0.154 e. The van der Waals surface area contributed by atoms with Crippen molar-refractivity contribution in [2.24, 2.45) is 0 Å². The average Bonchev–Trinajstić information content (AvgIpc) is 2.24. The van der Waals surface area contributed by atoms with E-state index in [1.165, 1.54) is 6.26 Å². The van der Waals surface area contributed by atoms with Gasteiger partial charge in [0.1, 0.15) is 17.5 Å². The van der Waals surface area contributed by atoms with Crippen molar-refractivity contribution in [2.75, 3.05) is 23.9 Å². The molecule has 0 spiro atoms. The molecule has 0 aliphatic rings.